The van der Waals surface area contributed by atoms with Crippen molar-refractivity contribution >= 4 is 23.2 Å². The van der Waals surface area contributed by atoms with Gasteiger partial charge in [0.15, 0.2) is 0 Å². The number of nitrogens with one attached hydrogen (secondary N) is 1. The maximum absolute atomic E-state index is 6.22. The number of nitrogens with zero attached hydrogens (tertiary/aromatic N) is 1. The van der Waals surface area contributed by atoms with Gasteiger partial charge in [0.25, 0.3) is 0 Å². The average Bonchev–Trinajstić information content (AvgIpc) is 2.29. The first-order valence-corrected chi connectivity index (χ1v) is 6.34. The van der Waals surface area contributed by atoms with Crippen LogP contribution < -0.4 is 5.32 Å². The van der Waals surface area contributed by atoms with E-state index >= 15 is 0 Å². The summed E-state index contributed by atoms with van der Waals surface area (Å²) in [5.74, 6) is 0. The first-order chi connectivity index (χ1) is 7.68. The average molecular weight is 259 g/mol. The van der Waals surface area contributed by atoms with Gasteiger partial charge in [-0.25, -0.2) is 0 Å². The molecule has 0 bridgehead atoms. The van der Waals surface area contributed by atoms with Crippen molar-refractivity contribution in [1.82, 2.24) is 10.2 Å². The minimum absolute atomic E-state index is 0.354. The molecular weight excluding hydrogens is 243 g/mol. The Bertz CT molecular complexity index is 362. The second-order valence-electron chi connectivity index (χ2n) is 4.13. The third-order valence-electron chi connectivity index (χ3n) is 3.11. The predicted molar refractivity (Wildman–Crippen MR) is 69.3 cm³/mol. The molecule has 0 amide bonds. The Morgan fingerprint density at radius 2 is 1.94 bits per heavy atom. The molecule has 1 aromatic carbocycles. The summed E-state index contributed by atoms with van der Waals surface area (Å²) >= 11 is 12.1. The SMILES string of the molecule is C[C@H](c1ccc(Cl)cc1Cl)N1CCNCC1. The highest BCUT2D eigenvalue weighted by Crippen LogP contribution is 2.29. The van der Waals surface area contributed by atoms with Gasteiger partial charge in [0.05, 0.1) is 0 Å². The molecule has 0 saturated carbocycles. The van der Waals surface area contributed by atoms with Gasteiger partial charge in [-0.05, 0) is 24.6 Å². The molecule has 4 heteroatoms. The van der Waals surface area contributed by atoms with Crippen molar-refractivity contribution in [3.63, 3.8) is 0 Å². The van der Waals surface area contributed by atoms with Crippen LogP contribution in [0.15, 0.2) is 18.2 Å². The Labute approximate surface area is 107 Å². The van der Waals surface area contributed by atoms with Crippen molar-refractivity contribution < 1.29 is 0 Å². The van der Waals surface area contributed by atoms with Crippen LogP contribution in [0.5, 0.6) is 0 Å². The summed E-state index contributed by atoms with van der Waals surface area (Å²) in [6, 6.07) is 6.10. The van der Waals surface area contributed by atoms with Gasteiger partial charge in [-0.15, -0.1) is 0 Å². The maximum Gasteiger partial charge on any atom is 0.0468 e. The molecule has 2 rings (SSSR count). The lowest BCUT2D eigenvalue weighted by molar-refractivity contribution is 0.185. The molecule has 0 aliphatic carbocycles. The Balaban J connectivity index is 2.15. The summed E-state index contributed by atoms with van der Waals surface area (Å²) in [4.78, 5) is 2.44. The number of piperazine rings is 1. The third-order valence-corrected chi connectivity index (χ3v) is 3.67. The molecule has 88 valence electrons. The quantitative estimate of drug-likeness (QED) is 0.878. The summed E-state index contributed by atoms with van der Waals surface area (Å²) in [5.41, 5.74) is 1.16. The van der Waals surface area contributed by atoms with Crippen molar-refractivity contribution in [1.29, 1.82) is 0 Å². The number of hydrogen-bond donors (Lipinski definition) is 1. The number of benzene rings is 1. The summed E-state index contributed by atoms with van der Waals surface area (Å²) in [6.45, 7) is 6.44. The van der Waals surface area contributed by atoms with Gasteiger partial charge in [-0.2, -0.15) is 0 Å². The molecule has 1 aromatic rings. The zero-order valence-electron chi connectivity index (χ0n) is 9.34. The molecule has 0 aromatic heterocycles. The number of halogens is 2. The van der Waals surface area contributed by atoms with Crippen LogP contribution in [0.2, 0.25) is 10.0 Å². The van der Waals surface area contributed by atoms with Crippen LogP contribution in [0, 0.1) is 0 Å². The topological polar surface area (TPSA) is 15.3 Å². The molecule has 2 nitrogen and oxygen atoms in total. The van der Waals surface area contributed by atoms with E-state index in [0.29, 0.717) is 11.1 Å². The predicted octanol–water partition coefficient (Wildman–Crippen LogP) is 2.96. The van der Waals surface area contributed by atoms with E-state index in [2.05, 4.69) is 17.1 Å². The lowest BCUT2D eigenvalue weighted by atomic mass is 10.1. The van der Waals surface area contributed by atoms with Crippen LogP contribution in [0.1, 0.15) is 18.5 Å². The molecule has 0 spiro atoms. The lowest BCUT2D eigenvalue weighted by Crippen LogP contribution is -2.44. The van der Waals surface area contributed by atoms with E-state index in [9.17, 15) is 0 Å². The number of rotatable bonds is 2. The van der Waals surface area contributed by atoms with Crippen molar-refractivity contribution in [2.45, 2.75) is 13.0 Å². The zero-order valence-corrected chi connectivity index (χ0v) is 10.9. The third kappa shape index (κ3) is 2.69. The van der Waals surface area contributed by atoms with Crippen LogP contribution in [-0.2, 0) is 0 Å². The fraction of sp³-hybridized carbons (Fsp3) is 0.500. The molecular formula is C12H16Cl2N2. The monoisotopic (exact) mass is 258 g/mol. The van der Waals surface area contributed by atoms with Crippen LogP contribution >= 0.6 is 23.2 Å². The van der Waals surface area contributed by atoms with E-state index in [4.69, 9.17) is 23.2 Å². The molecule has 1 fully saturated rings. The van der Waals surface area contributed by atoms with Gasteiger partial charge in [-0.1, -0.05) is 29.3 Å². The summed E-state index contributed by atoms with van der Waals surface area (Å²) in [6.07, 6.45) is 0. The van der Waals surface area contributed by atoms with E-state index in [1.165, 1.54) is 0 Å². The maximum atomic E-state index is 6.22. The molecule has 16 heavy (non-hydrogen) atoms. The van der Waals surface area contributed by atoms with Gasteiger partial charge in [0.2, 0.25) is 0 Å². The second kappa shape index (κ2) is 5.37. The molecule has 1 atom stereocenters. The van der Waals surface area contributed by atoms with E-state index in [1.54, 1.807) is 0 Å². The summed E-state index contributed by atoms with van der Waals surface area (Å²) in [5, 5.41) is 4.81. The Morgan fingerprint density at radius 1 is 1.25 bits per heavy atom. The minimum Gasteiger partial charge on any atom is -0.314 e. The van der Waals surface area contributed by atoms with Gasteiger partial charge in [0.1, 0.15) is 0 Å². The zero-order chi connectivity index (χ0) is 11.5. The normalized spacial score (nSPS) is 19.7. The first-order valence-electron chi connectivity index (χ1n) is 5.58. The van der Waals surface area contributed by atoms with Crippen LogP contribution in [0.25, 0.3) is 0 Å². The first kappa shape index (κ1) is 12.2. The van der Waals surface area contributed by atoms with Crippen molar-refractivity contribution in [3.05, 3.63) is 33.8 Å². The molecule has 1 saturated heterocycles. The Hall–Kier alpha value is -0.280. The van der Waals surface area contributed by atoms with Crippen molar-refractivity contribution in [2.24, 2.45) is 0 Å². The van der Waals surface area contributed by atoms with Crippen LogP contribution in [0.3, 0.4) is 0 Å². The van der Waals surface area contributed by atoms with Crippen molar-refractivity contribution in [3.8, 4) is 0 Å². The lowest BCUT2D eigenvalue weighted by Gasteiger charge is -2.33. The highest BCUT2D eigenvalue weighted by molar-refractivity contribution is 6.35. The van der Waals surface area contributed by atoms with Crippen LogP contribution in [-0.4, -0.2) is 31.1 Å². The standard InChI is InChI=1S/C12H16Cl2N2/c1-9(16-6-4-15-5-7-16)11-3-2-10(13)8-12(11)14/h2-3,8-9,15H,4-7H2,1H3/t9-/m1/s1. The van der Waals surface area contributed by atoms with E-state index in [0.717, 1.165) is 36.8 Å². The fourth-order valence-corrected chi connectivity index (χ4v) is 2.67. The summed E-state index contributed by atoms with van der Waals surface area (Å²) < 4.78 is 0. The fourth-order valence-electron chi connectivity index (χ4n) is 2.11. The summed E-state index contributed by atoms with van der Waals surface area (Å²) in [7, 11) is 0. The van der Waals surface area contributed by atoms with Gasteiger partial charge < -0.3 is 5.32 Å². The van der Waals surface area contributed by atoms with E-state index in [-0.39, 0.29) is 0 Å². The molecule has 0 unspecified atom stereocenters. The van der Waals surface area contributed by atoms with Gasteiger partial charge in [-0.3, -0.25) is 4.90 Å². The molecule has 0 radical (unpaired) electrons. The largest absolute Gasteiger partial charge is 0.314 e. The highest BCUT2D eigenvalue weighted by atomic mass is 35.5. The Morgan fingerprint density at radius 3 is 2.56 bits per heavy atom. The molecule has 1 aliphatic heterocycles. The molecule has 1 N–H and O–H groups in total. The smallest absolute Gasteiger partial charge is 0.0468 e. The van der Waals surface area contributed by atoms with E-state index in [1.807, 2.05) is 18.2 Å². The van der Waals surface area contributed by atoms with E-state index < -0.39 is 0 Å². The van der Waals surface area contributed by atoms with Gasteiger partial charge in [0, 0.05) is 42.3 Å². The van der Waals surface area contributed by atoms with Crippen LogP contribution in [0.4, 0.5) is 0 Å². The Kier molecular flexibility index (Phi) is 4.09. The van der Waals surface area contributed by atoms with Crippen molar-refractivity contribution in [2.75, 3.05) is 26.2 Å². The molecule has 1 aliphatic rings. The molecule has 1 heterocycles. The number of hydrogen-bond acceptors (Lipinski definition) is 2. The van der Waals surface area contributed by atoms with Gasteiger partial charge >= 0.3 is 0 Å². The highest BCUT2D eigenvalue weighted by Gasteiger charge is 2.19. The second-order valence-corrected chi connectivity index (χ2v) is 4.97. The minimum atomic E-state index is 0.354.